The van der Waals surface area contributed by atoms with Crippen LogP contribution in [0, 0.1) is 29.6 Å². The third kappa shape index (κ3) is 6.15. The van der Waals surface area contributed by atoms with Gasteiger partial charge in [0, 0.05) is 12.2 Å². The van der Waals surface area contributed by atoms with Gasteiger partial charge in [0.1, 0.15) is 5.75 Å². The average molecular weight is 377 g/mol. The van der Waals surface area contributed by atoms with Crippen molar-refractivity contribution in [3.05, 3.63) is 59.7 Å². The zero-order valence-corrected chi connectivity index (χ0v) is 15.4. The zero-order valence-electron chi connectivity index (χ0n) is 15.4. The Kier molecular flexibility index (Phi) is 7.56. The molecule has 0 spiro atoms. The molecular weight excluding hydrogens is 358 g/mol. The van der Waals surface area contributed by atoms with Crippen molar-refractivity contribution in [2.75, 3.05) is 24.7 Å². The average Bonchev–Trinajstić information content (AvgIpc) is 2.72. The van der Waals surface area contributed by atoms with Crippen molar-refractivity contribution in [3.8, 4) is 17.9 Å². The molecule has 0 heterocycles. The van der Waals surface area contributed by atoms with Gasteiger partial charge in [-0.25, -0.2) is 4.79 Å². The van der Waals surface area contributed by atoms with Gasteiger partial charge in [-0.15, -0.1) is 0 Å². The summed E-state index contributed by atoms with van der Waals surface area (Å²) in [6.45, 7) is 1.33. The Balaban J connectivity index is 1.88. The summed E-state index contributed by atoms with van der Waals surface area (Å²) >= 11 is 0. The predicted molar refractivity (Wildman–Crippen MR) is 101 cm³/mol. The summed E-state index contributed by atoms with van der Waals surface area (Å²) in [5, 5.41) is 17.6. The van der Waals surface area contributed by atoms with Crippen LogP contribution in [-0.2, 0) is 14.3 Å². The van der Waals surface area contributed by atoms with Gasteiger partial charge in [0.25, 0.3) is 5.91 Å². The second-order valence-corrected chi connectivity index (χ2v) is 5.87. The fourth-order valence-electron chi connectivity index (χ4n) is 2.31. The Morgan fingerprint density at radius 1 is 1.00 bits per heavy atom. The lowest BCUT2D eigenvalue weighted by atomic mass is 10.2. The maximum atomic E-state index is 12.5. The summed E-state index contributed by atoms with van der Waals surface area (Å²) in [6.07, 6.45) is 0.162. The molecule has 0 saturated carbocycles. The lowest BCUT2D eigenvalue weighted by Crippen LogP contribution is -2.36. The molecule has 0 aliphatic heterocycles. The zero-order chi connectivity index (χ0) is 20.4. The highest BCUT2D eigenvalue weighted by molar-refractivity contribution is 5.95. The summed E-state index contributed by atoms with van der Waals surface area (Å²) in [7, 11) is 0. The molecule has 2 rings (SSSR count). The molecule has 0 aliphatic carbocycles. The third-order valence-electron chi connectivity index (χ3n) is 3.79. The van der Waals surface area contributed by atoms with E-state index in [9.17, 15) is 9.59 Å². The number of hydrogen-bond acceptors (Lipinski definition) is 6. The first kappa shape index (κ1) is 20.5. The minimum atomic E-state index is -0.693. The van der Waals surface area contributed by atoms with Crippen molar-refractivity contribution in [1.82, 2.24) is 0 Å². The van der Waals surface area contributed by atoms with Crippen molar-refractivity contribution in [2.24, 2.45) is 0 Å². The number of amides is 1. The number of hydrogen-bond donors (Lipinski definition) is 0. The van der Waals surface area contributed by atoms with Gasteiger partial charge in [-0.3, -0.25) is 4.79 Å². The van der Waals surface area contributed by atoms with Crippen LogP contribution in [0.25, 0.3) is 0 Å². The van der Waals surface area contributed by atoms with Crippen molar-refractivity contribution in [1.29, 1.82) is 10.5 Å². The van der Waals surface area contributed by atoms with E-state index in [1.54, 1.807) is 36.4 Å². The van der Waals surface area contributed by atoms with Crippen molar-refractivity contribution >= 4 is 17.6 Å². The van der Waals surface area contributed by atoms with Gasteiger partial charge >= 0.3 is 5.97 Å². The van der Waals surface area contributed by atoms with E-state index in [4.69, 9.17) is 20.0 Å². The summed E-state index contributed by atoms with van der Waals surface area (Å²) in [6, 6.07) is 17.5. The van der Waals surface area contributed by atoms with Gasteiger partial charge in [0.15, 0.2) is 13.2 Å². The largest absolute Gasteiger partial charge is 0.482 e. The van der Waals surface area contributed by atoms with Crippen LogP contribution >= 0.6 is 0 Å². The van der Waals surface area contributed by atoms with E-state index >= 15 is 0 Å². The fraction of sp³-hybridized carbons (Fsp3) is 0.238. The molecular formula is C21H19N3O4. The Morgan fingerprint density at radius 3 is 2.29 bits per heavy atom. The summed E-state index contributed by atoms with van der Waals surface area (Å²) in [5.41, 5.74) is 2.16. The molecule has 0 atom stereocenters. The minimum absolute atomic E-state index is 0.162. The number of benzene rings is 2. The van der Waals surface area contributed by atoms with Gasteiger partial charge in [-0.1, -0.05) is 17.7 Å². The molecule has 0 fully saturated rings. The molecule has 2 aromatic rings. The number of nitrogens with zero attached hydrogens (tertiary/aromatic N) is 3. The van der Waals surface area contributed by atoms with E-state index in [1.807, 2.05) is 31.2 Å². The number of anilines is 1. The van der Waals surface area contributed by atoms with Crippen LogP contribution in [0.15, 0.2) is 48.5 Å². The van der Waals surface area contributed by atoms with E-state index < -0.39 is 18.5 Å². The van der Waals surface area contributed by atoms with Gasteiger partial charge < -0.3 is 14.4 Å². The molecule has 2 aromatic carbocycles. The van der Waals surface area contributed by atoms with Crippen LogP contribution in [-0.4, -0.2) is 31.6 Å². The highest BCUT2D eigenvalue weighted by Gasteiger charge is 2.17. The Bertz CT molecular complexity index is 893. The molecule has 0 N–H and O–H groups in total. The molecule has 0 unspecified atom stereocenters. The van der Waals surface area contributed by atoms with Crippen LogP contribution in [0.1, 0.15) is 17.5 Å². The molecule has 0 bridgehead atoms. The first-order valence-corrected chi connectivity index (χ1v) is 8.56. The summed E-state index contributed by atoms with van der Waals surface area (Å²) < 4.78 is 10.3. The van der Waals surface area contributed by atoms with Crippen LogP contribution in [0.5, 0.6) is 5.75 Å². The Labute approximate surface area is 163 Å². The predicted octanol–water partition coefficient (Wildman–Crippen LogP) is 2.74. The Hall–Kier alpha value is -3.84. The minimum Gasteiger partial charge on any atom is -0.482 e. The summed E-state index contributed by atoms with van der Waals surface area (Å²) in [4.78, 5) is 25.7. The second kappa shape index (κ2) is 10.3. The quantitative estimate of drug-likeness (QED) is 0.655. The molecule has 28 heavy (non-hydrogen) atoms. The number of rotatable bonds is 8. The Morgan fingerprint density at radius 2 is 1.68 bits per heavy atom. The number of aryl methyl sites for hydroxylation is 1. The van der Waals surface area contributed by atoms with Crippen LogP contribution in [0.3, 0.4) is 0 Å². The lowest BCUT2D eigenvalue weighted by Gasteiger charge is -2.21. The number of carbonyl (C=O) groups excluding carboxylic acids is 2. The molecule has 1 amide bonds. The number of nitriles is 2. The summed E-state index contributed by atoms with van der Waals surface area (Å²) in [5.74, 6) is -0.703. The SMILES string of the molecule is Cc1ccc(N(CCC#N)C(=O)COC(=O)COc2ccc(C#N)cc2)cc1. The fourth-order valence-corrected chi connectivity index (χ4v) is 2.31. The van der Waals surface area contributed by atoms with Gasteiger partial charge in [-0.2, -0.15) is 10.5 Å². The van der Waals surface area contributed by atoms with Crippen molar-refractivity contribution in [3.63, 3.8) is 0 Å². The van der Waals surface area contributed by atoms with E-state index in [0.29, 0.717) is 17.0 Å². The van der Waals surface area contributed by atoms with Crippen LogP contribution in [0.4, 0.5) is 5.69 Å². The van der Waals surface area contributed by atoms with Gasteiger partial charge in [0.05, 0.1) is 24.1 Å². The lowest BCUT2D eigenvalue weighted by molar-refractivity contribution is -0.149. The highest BCUT2D eigenvalue weighted by Crippen LogP contribution is 2.16. The monoisotopic (exact) mass is 377 g/mol. The topological polar surface area (TPSA) is 103 Å². The highest BCUT2D eigenvalue weighted by atomic mass is 16.6. The first-order chi connectivity index (χ1) is 13.5. The molecule has 7 heteroatoms. The van der Waals surface area contributed by atoms with Crippen molar-refractivity contribution in [2.45, 2.75) is 13.3 Å². The number of carbonyl (C=O) groups is 2. The van der Waals surface area contributed by atoms with Gasteiger partial charge in [-0.05, 0) is 43.3 Å². The van der Waals surface area contributed by atoms with Gasteiger partial charge in [0.2, 0.25) is 0 Å². The maximum absolute atomic E-state index is 12.5. The molecule has 0 aliphatic rings. The molecule has 142 valence electrons. The normalized spacial score (nSPS) is 9.68. The number of esters is 1. The van der Waals surface area contributed by atoms with E-state index in [2.05, 4.69) is 0 Å². The second-order valence-electron chi connectivity index (χ2n) is 5.87. The molecule has 0 radical (unpaired) electrons. The molecule has 7 nitrogen and oxygen atoms in total. The molecule has 0 saturated heterocycles. The van der Waals surface area contributed by atoms with Crippen molar-refractivity contribution < 1.29 is 19.1 Å². The van der Waals surface area contributed by atoms with Crippen LogP contribution in [0.2, 0.25) is 0 Å². The number of ether oxygens (including phenoxy) is 2. The first-order valence-electron chi connectivity index (χ1n) is 8.56. The standard InChI is InChI=1S/C21H19N3O4/c1-16-3-7-18(8-4-16)24(12-2-11-22)20(25)14-28-21(26)15-27-19-9-5-17(13-23)6-10-19/h3-10H,2,12,14-15H2,1H3. The van der Waals surface area contributed by atoms with E-state index in [0.717, 1.165) is 5.56 Å². The smallest absolute Gasteiger partial charge is 0.344 e. The van der Waals surface area contributed by atoms with E-state index in [-0.39, 0.29) is 19.6 Å². The maximum Gasteiger partial charge on any atom is 0.344 e. The molecule has 0 aromatic heterocycles. The van der Waals surface area contributed by atoms with Crippen LogP contribution < -0.4 is 9.64 Å². The third-order valence-corrected chi connectivity index (χ3v) is 3.79. The van der Waals surface area contributed by atoms with E-state index in [1.165, 1.54) is 4.90 Å².